The predicted octanol–water partition coefficient (Wildman–Crippen LogP) is 3.10. The maximum absolute atomic E-state index is 10.8. The monoisotopic (exact) mass is 219 g/mol. The van der Waals surface area contributed by atoms with Gasteiger partial charge in [0.15, 0.2) is 0 Å². The van der Waals surface area contributed by atoms with Crippen LogP contribution in [-0.4, -0.2) is 22.9 Å². The second kappa shape index (κ2) is 5.72. The Morgan fingerprint density at radius 3 is 2.44 bits per heavy atom. The third-order valence-corrected chi connectivity index (χ3v) is 2.82. The molecule has 0 aromatic heterocycles. The molecule has 0 fully saturated rings. The Balaban J connectivity index is 2.97. The molecule has 0 aromatic carbocycles. The maximum Gasteiger partial charge on any atom is 0.132 e. The van der Waals surface area contributed by atoms with Crippen LogP contribution in [0.5, 0.6) is 0 Å². The molecular formula is C14H21NO. The van der Waals surface area contributed by atoms with Crippen LogP contribution in [0, 0.1) is 0 Å². The molecule has 0 aliphatic heterocycles. The van der Waals surface area contributed by atoms with E-state index in [9.17, 15) is 4.79 Å². The summed E-state index contributed by atoms with van der Waals surface area (Å²) in [4.78, 5) is 13.1. The number of nitrogens with zero attached hydrogens (tertiary/aromatic N) is 1. The van der Waals surface area contributed by atoms with Gasteiger partial charge in [-0.15, -0.1) is 0 Å². The first-order valence-corrected chi connectivity index (χ1v) is 5.96. The zero-order valence-corrected chi connectivity index (χ0v) is 10.7. The van der Waals surface area contributed by atoms with Crippen LogP contribution in [0.2, 0.25) is 0 Å². The Kier molecular flexibility index (Phi) is 4.57. The largest absolute Gasteiger partial charge is 0.372 e. The second-order valence-corrected chi connectivity index (χ2v) is 4.75. The smallest absolute Gasteiger partial charge is 0.132 e. The summed E-state index contributed by atoms with van der Waals surface area (Å²) in [6.45, 7) is 8.67. The van der Waals surface area contributed by atoms with Crippen molar-refractivity contribution in [1.82, 2.24) is 4.90 Å². The van der Waals surface area contributed by atoms with E-state index in [1.165, 1.54) is 0 Å². The first-order chi connectivity index (χ1) is 7.56. The van der Waals surface area contributed by atoms with Crippen LogP contribution < -0.4 is 0 Å². The summed E-state index contributed by atoms with van der Waals surface area (Å²) in [5.74, 6) is 2.02. The molecular weight excluding hydrogens is 198 g/mol. The minimum absolute atomic E-state index is 0.450. The van der Waals surface area contributed by atoms with Crippen molar-refractivity contribution in [3.8, 4) is 0 Å². The van der Waals surface area contributed by atoms with Crippen molar-refractivity contribution in [2.75, 3.05) is 0 Å². The fourth-order valence-electron chi connectivity index (χ4n) is 1.99. The Labute approximate surface area is 98.3 Å². The molecule has 0 aromatic rings. The van der Waals surface area contributed by atoms with Crippen molar-refractivity contribution >= 4 is 5.94 Å². The van der Waals surface area contributed by atoms with Gasteiger partial charge in [-0.05, 0) is 52.2 Å². The van der Waals surface area contributed by atoms with Gasteiger partial charge in [0, 0.05) is 18.3 Å². The van der Waals surface area contributed by atoms with Crippen LogP contribution in [0.1, 0.15) is 40.5 Å². The summed E-state index contributed by atoms with van der Waals surface area (Å²) in [7, 11) is 0. The van der Waals surface area contributed by atoms with Gasteiger partial charge in [0.1, 0.15) is 5.94 Å². The van der Waals surface area contributed by atoms with Gasteiger partial charge in [-0.1, -0.05) is 6.08 Å². The molecule has 0 bridgehead atoms. The van der Waals surface area contributed by atoms with Gasteiger partial charge in [0.25, 0.3) is 0 Å². The normalized spacial score (nSPS) is 18.4. The van der Waals surface area contributed by atoms with Crippen LogP contribution in [0.15, 0.2) is 29.5 Å². The summed E-state index contributed by atoms with van der Waals surface area (Å²) in [5.41, 5.74) is 1.82. The molecule has 0 heterocycles. The predicted molar refractivity (Wildman–Crippen MR) is 67.8 cm³/mol. The summed E-state index contributed by atoms with van der Waals surface area (Å²) < 4.78 is 0. The van der Waals surface area contributed by atoms with Gasteiger partial charge in [-0.25, -0.2) is 4.79 Å². The Bertz CT molecular complexity index is 336. The van der Waals surface area contributed by atoms with E-state index < -0.39 is 0 Å². The third-order valence-electron chi connectivity index (χ3n) is 2.82. The molecule has 0 radical (unpaired) electrons. The van der Waals surface area contributed by atoms with Crippen molar-refractivity contribution in [1.29, 1.82) is 0 Å². The quantitative estimate of drug-likeness (QED) is 0.680. The molecule has 88 valence electrons. The highest BCUT2D eigenvalue weighted by Crippen LogP contribution is 2.23. The lowest BCUT2D eigenvalue weighted by Gasteiger charge is -2.30. The van der Waals surface area contributed by atoms with E-state index in [0.29, 0.717) is 17.7 Å². The summed E-state index contributed by atoms with van der Waals surface area (Å²) >= 11 is 0. The van der Waals surface area contributed by atoms with E-state index in [0.717, 1.165) is 18.4 Å². The number of rotatable bonds is 3. The molecule has 0 amide bonds. The van der Waals surface area contributed by atoms with E-state index in [1.54, 1.807) is 0 Å². The third kappa shape index (κ3) is 3.11. The fraction of sp³-hybridized carbons (Fsp3) is 0.571. The molecule has 0 saturated carbocycles. The van der Waals surface area contributed by atoms with Crippen molar-refractivity contribution in [2.24, 2.45) is 0 Å². The van der Waals surface area contributed by atoms with Gasteiger partial charge in [0.05, 0.1) is 5.57 Å². The number of hydrogen-bond acceptors (Lipinski definition) is 2. The average Bonchev–Trinajstić information content (AvgIpc) is 2.25. The Morgan fingerprint density at radius 1 is 1.31 bits per heavy atom. The van der Waals surface area contributed by atoms with E-state index in [1.807, 2.05) is 18.1 Å². The number of allylic oxidation sites excluding steroid dienone is 4. The summed E-state index contributed by atoms with van der Waals surface area (Å²) in [6, 6.07) is 0.901. The molecule has 0 spiro atoms. The highest BCUT2D eigenvalue weighted by Gasteiger charge is 2.13. The summed E-state index contributed by atoms with van der Waals surface area (Å²) in [5, 5.41) is 0. The molecule has 16 heavy (non-hydrogen) atoms. The first kappa shape index (κ1) is 12.8. The van der Waals surface area contributed by atoms with Crippen LogP contribution in [0.25, 0.3) is 0 Å². The molecule has 0 unspecified atom stereocenters. The molecule has 1 aliphatic rings. The standard InChI is InChI=1S/C14H21NO/c1-11(2)15(12(3)4)9-13-7-5-6-8-14(13)10-16/h6,8-9,11-12H,5,7H2,1-4H3/b13-9+. The minimum Gasteiger partial charge on any atom is -0.372 e. The molecule has 2 heteroatoms. The van der Waals surface area contributed by atoms with E-state index in [2.05, 4.69) is 38.8 Å². The molecule has 0 N–H and O–H groups in total. The number of hydrogen-bond donors (Lipinski definition) is 0. The number of carbonyl (C=O) groups excluding carboxylic acids is 1. The highest BCUT2D eigenvalue weighted by atomic mass is 16.1. The van der Waals surface area contributed by atoms with Crippen molar-refractivity contribution < 1.29 is 4.79 Å². The average molecular weight is 219 g/mol. The molecule has 2 nitrogen and oxygen atoms in total. The van der Waals surface area contributed by atoms with Gasteiger partial charge in [-0.3, -0.25) is 0 Å². The lowest BCUT2D eigenvalue weighted by molar-refractivity contribution is 0.254. The lowest BCUT2D eigenvalue weighted by atomic mass is 9.97. The first-order valence-electron chi connectivity index (χ1n) is 5.96. The van der Waals surface area contributed by atoms with Crippen LogP contribution in [0.4, 0.5) is 0 Å². The fourth-order valence-corrected chi connectivity index (χ4v) is 1.99. The van der Waals surface area contributed by atoms with E-state index in [4.69, 9.17) is 0 Å². The maximum atomic E-state index is 10.8. The molecule has 1 rings (SSSR count). The minimum atomic E-state index is 0.450. The Hall–Kier alpha value is -1.27. The topological polar surface area (TPSA) is 20.3 Å². The van der Waals surface area contributed by atoms with Gasteiger partial charge < -0.3 is 4.90 Å². The molecule has 1 aliphatic carbocycles. The van der Waals surface area contributed by atoms with Crippen LogP contribution in [-0.2, 0) is 4.79 Å². The Morgan fingerprint density at radius 2 is 1.94 bits per heavy atom. The SMILES string of the molecule is CC(C)N(/C=C1\CCC=CC1=C=O)C(C)C. The van der Waals surface area contributed by atoms with Crippen LogP contribution in [0.3, 0.4) is 0 Å². The second-order valence-electron chi connectivity index (χ2n) is 4.75. The van der Waals surface area contributed by atoms with Crippen molar-refractivity contribution in [3.05, 3.63) is 29.5 Å². The zero-order valence-electron chi connectivity index (χ0n) is 10.7. The molecule has 0 saturated heterocycles. The molecule has 0 atom stereocenters. The van der Waals surface area contributed by atoms with Crippen LogP contribution >= 0.6 is 0 Å². The van der Waals surface area contributed by atoms with Gasteiger partial charge in [-0.2, -0.15) is 0 Å². The van der Waals surface area contributed by atoms with Crippen molar-refractivity contribution in [3.63, 3.8) is 0 Å². The van der Waals surface area contributed by atoms with Gasteiger partial charge in [0.2, 0.25) is 0 Å². The van der Waals surface area contributed by atoms with Crippen molar-refractivity contribution in [2.45, 2.75) is 52.6 Å². The van der Waals surface area contributed by atoms with Gasteiger partial charge >= 0.3 is 0 Å². The lowest BCUT2D eigenvalue weighted by Crippen LogP contribution is -2.32. The highest BCUT2D eigenvalue weighted by molar-refractivity contribution is 5.66. The zero-order chi connectivity index (χ0) is 12.1. The van der Waals surface area contributed by atoms with E-state index in [-0.39, 0.29) is 0 Å². The summed E-state index contributed by atoms with van der Waals surface area (Å²) in [6.07, 6.45) is 7.99. The van der Waals surface area contributed by atoms with E-state index >= 15 is 0 Å².